The van der Waals surface area contributed by atoms with Gasteiger partial charge in [-0.3, -0.25) is 4.79 Å². The minimum absolute atomic E-state index is 0.0606. The number of carbonyl (C=O) groups excluding carboxylic acids is 1. The number of hydrogen-bond donors (Lipinski definition) is 1. The van der Waals surface area contributed by atoms with E-state index in [0.29, 0.717) is 5.69 Å². The second-order valence-corrected chi connectivity index (χ2v) is 5.68. The Morgan fingerprint density at radius 3 is 2.48 bits per heavy atom. The van der Waals surface area contributed by atoms with Crippen LogP contribution in [0.5, 0.6) is 0 Å². The van der Waals surface area contributed by atoms with Crippen LogP contribution in [-0.4, -0.2) is 20.0 Å². The molecule has 0 unspecified atom stereocenters. The number of nitrogens with one attached hydrogen (secondary N) is 1. The highest BCUT2D eigenvalue weighted by molar-refractivity contribution is 5.93. The van der Waals surface area contributed by atoms with Gasteiger partial charge in [-0.15, -0.1) is 0 Å². The van der Waals surface area contributed by atoms with Crippen molar-refractivity contribution in [2.75, 3.05) is 0 Å². The van der Waals surface area contributed by atoms with E-state index >= 15 is 0 Å². The molecule has 0 radical (unpaired) electrons. The van der Waals surface area contributed by atoms with Crippen LogP contribution in [0, 0.1) is 6.92 Å². The van der Waals surface area contributed by atoms with Crippen LogP contribution >= 0.6 is 0 Å². The van der Waals surface area contributed by atoms with E-state index in [1.807, 2.05) is 72.6 Å². The molecule has 0 bridgehead atoms. The largest absolute Gasteiger partial charge is 0.344 e. The van der Waals surface area contributed by atoms with Crippen molar-refractivity contribution < 1.29 is 4.79 Å². The lowest BCUT2D eigenvalue weighted by atomic mass is 10.1. The normalized spacial score (nSPS) is 12.1. The number of imidazole rings is 1. The topological polar surface area (TPSA) is 51.9 Å². The zero-order valence-electron chi connectivity index (χ0n) is 13.5. The van der Waals surface area contributed by atoms with Gasteiger partial charge in [0.25, 0.3) is 5.91 Å². The van der Waals surface area contributed by atoms with Gasteiger partial charge in [-0.25, -0.2) is 4.98 Å². The quantitative estimate of drug-likeness (QED) is 0.805. The second-order valence-electron chi connectivity index (χ2n) is 5.68. The average molecular weight is 308 g/mol. The van der Waals surface area contributed by atoms with Gasteiger partial charge in [0.15, 0.2) is 0 Å². The molecule has 5 heteroatoms. The summed E-state index contributed by atoms with van der Waals surface area (Å²) in [6, 6.07) is 11.8. The third kappa shape index (κ3) is 3.04. The van der Waals surface area contributed by atoms with Crippen LogP contribution in [0.1, 0.15) is 34.7 Å². The SMILES string of the molecule is Cc1ccc(C(=O)N[C@H](C)c2ccc(-n3ccnc3)cc2)n1C. The third-order valence-electron chi connectivity index (χ3n) is 4.15. The molecule has 3 rings (SSSR count). The highest BCUT2D eigenvalue weighted by Gasteiger charge is 2.14. The summed E-state index contributed by atoms with van der Waals surface area (Å²) in [6.45, 7) is 3.97. The standard InChI is InChI=1S/C18H20N4O/c1-13-4-9-17(21(13)3)18(23)20-14(2)15-5-7-16(8-6-15)22-11-10-19-12-22/h4-12,14H,1-3H3,(H,20,23)/t14-/m1/s1. The number of aromatic nitrogens is 3. The van der Waals surface area contributed by atoms with Crippen LogP contribution in [0.4, 0.5) is 0 Å². The van der Waals surface area contributed by atoms with E-state index in [4.69, 9.17) is 0 Å². The molecule has 1 amide bonds. The van der Waals surface area contributed by atoms with Crippen LogP contribution in [0.3, 0.4) is 0 Å². The van der Waals surface area contributed by atoms with Crippen LogP contribution in [-0.2, 0) is 7.05 Å². The van der Waals surface area contributed by atoms with Crippen LogP contribution in [0.25, 0.3) is 5.69 Å². The van der Waals surface area contributed by atoms with Gasteiger partial charge in [-0.05, 0) is 43.7 Å². The lowest BCUT2D eigenvalue weighted by Crippen LogP contribution is -2.28. The minimum atomic E-state index is -0.0632. The summed E-state index contributed by atoms with van der Waals surface area (Å²) in [7, 11) is 1.90. The molecule has 1 N–H and O–H groups in total. The molecule has 0 saturated heterocycles. The Hall–Kier alpha value is -2.82. The summed E-state index contributed by atoms with van der Waals surface area (Å²) in [4.78, 5) is 16.4. The number of amides is 1. The number of benzene rings is 1. The smallest absolute Gasteiger partial charge is 0.268 e. The van der Waals surface area contributed by atoms with E-state index in [1.165, 1.54) is 0 Å². The van der Waals surface area contributed by atoms with E-state index in [0.717, 1.165) is 16.9 Å². The minimum Gasteiger partial charge on any atom is -0.344 e. The lowest BCUT2D eigenvalue weighted by molar-refractivity contribution is 0.0931. The van der Waals surface area contributed by atoms with Crippen molar-refractivity contribution in [2.24, 2.45) is 7.05 Å². The number of aryl methyl sites for hydroxylation is 1. The first-order chi connectivity index (χ1) is 11.1. The first kappa shape index (κ1) is 15.1. The first-order valence-corrected chi connectivity index (χ1v) is 7.58. The fourth-order valence-electron chi connectivity index (χ4n) is 2.54. The molecule has 2 aromatic heterocycles. The van der Waals surface area contributed by atoms with Crippen molar-refractivity contribution in [1.82, 2.24) is 19.4 Å². The van der Waals surface area contributed by atoms with E-state index in [1.54, 1.807) is 12.5 Å². The molecule has 3 aromatic rings. The van der Waals surface area contributed by atoms with Crippen molar-refractivity contribution in [3.05, 3.63) is 72.1 Å². The van der Waals surface area contributed by atoms with E-state index < -0.39 is 0 Å². The summed E-state index contributed by atoms with van der Waals surface area (Å²) in [5.41, 5.74) is 3.84. The molecule has 1 atom stereocenters. The maximum Gasteiger partial charge on any atom is 0.268 e. The van der Waals surface area contributed by atoms with Gasteiger partial charge >= 0.3 is 0 Å². The molecule has 0 fully saturated rings. The Morgan fingerprint density at radius 2 is 1.91 bits per heavy atom. The van der Waals surface area contributed by atoms with Crippen LogP contribution < -0.4 is 5.32 Å². The fraction of sp³-hybridized carbons (Fsp3) is 0.222. The van der Waals surface area contributed by atoms with Crippen molar-refractivity contribution in [3.8, 4) is 5.69 Å². The third-order valence-corrected chi connectivity index (χ3v) is 4.15. The van der Waals surface area contributed by atoms with Crippen LogP contribution in [0.2, 0.25) is 0 Å². The number of hydrogen-bond acceptors (Lipinski definition) is 2. The first-order valence-electron chi connectivity index (χ1n) is 7.58. The number of carbonyl (C=O) groups is 1. The van der Waals surface area contributed by atoms with Gasteiger partial charge < -0.3 is 14.5 Å². The van der Waals surface area contributed by atoms with Gasteiger partial charge in [-0.1, -0.05) is 12.1 Å². The van der Waals surface area contributed by atoms with Crippen molar-refractivity contribution >= 4 is 5.91 Å². The van der Waals surface area contributed by atoms with Gasteiger partial charge in [-0.2, -0.15) is 0 Å². The molecule has 5 nitrogen and oxygen atoms in total. The van der Waals surface area contributed by atoms with Crippen LogP contribution in [0.15, 0.2) is 55.1 Å². The molecule has 0 spiro atoms. The Kier molecular flexibility index (Phi) is 4.02. The summed E-state index contributed by atoms with van der Waals surface area (Å²) >= 11 is 0. The Balaban J connectivity index is 1.72. The molecule has 118 valence electrons. The van der Waals surface area contributed by atoms with Crippen molar-refractivity contribution in [1.29, 1.82) is 0 Å². The van der Waals surface area contributed by atoms with Gasteiger partial charge in [0.05, 0.1) is 12.4 Å². The van der Waals surface area contributed by atoms with Gasteiger partial charge in [0.1, 0.15) is 5.69 Å². The molecule has 0 aliphatic heterocycles. The molecular weight excluding hydrogens is 288 g/mol. The lowest BCUT2D eigenvalue weighted by Gasteiger charge is -2.15. The summed E-state index contributed by atoms with van der Waals surface area (Å²) < 4.78 is 3.84. The van der Waals surface area contributed by atoms with E-state index in [2.05, 4.69) is 10.3 Å². The molecular formula is C18H20N4O. The molecule has 0 aliphatic rings. The second kappa shape index (κ2) is 6.12. The highest BCUT2D eigenvalue weighted by atomic mass is 16.2. The highest BCUT2D eigenvalue weighted by Crippen LogP contribution is 2.16. The number of rotatable bonds is 4. The van der Waals surface area contributed by atoms with E-state index in [9.17, 15) is 4.79 Å². The Labute approximate surface area is 135 Å². The maximum atomic E-state index is 12.4. The van der Waals surface area contributed by atoms with E-state index in [-0.39, 0.29) is 11.9 Å². The molecule has 23 heavy (non-hydrogen) atoms. The van der Waals surface area contributed by atoms with Gasteiger partial charge in [0.2, 0.25) is 0 Å². The molecule has 2 heterocycles. The Morgan fingerprint density at radius 1 is 1.17 bits per heavy atom. The number of nitrogens with zero attached hydrogens (tertiary/aromatic N) is 3. The summed E-state index contributed by atoms with van der Waals surface area (Å²) in [5.74, 6) is -0.0632. The predicted molar refractivity (Wildman–Crippen MR) is 89.6 cm³/mol. The zero-order valence-corrected chi connectivity index (χ0v) is 13.5. The maximum absolute atomic E-state index is 12.4. The fourth-order valence-corrected chi connectivity index (χ4v) is 2.54. The molecule has 0 saturated carbocycles. The monoisotopic (exact) mass is 308 g/mol. The van der Waals surface area contributed by atoms with Crippen molar-refractivity contribution in [2.45, 2.75) is 19.9 Å². The summed E-state index contributed by atoms with van der Waals surface area (Å²) in [6.07, 6.45) is 5.41. The summed E-state index contributed by atoms with van der Waals surface area (Å²) in [5, 5.41) is 3.04. The van der Waals surface area contributed by atoms with Gasteiger partial charge in [0, 0.05) is 30.8 Å². The predicted octanol–water partition coefficient (Wildman–Crippen LogP) is 3.01. The zero-order chi connectivity index (χ0) is 16.4. The molecule has 0 aliphatic carbocycles. The Bertz CT molecular complexity index is 800. The average Bonchev–Trinajstić information content (AvgIpc) is 3.19. The van der Waals surface area contributed by atoms with Crippen molar-refractivity contribution in [3.63, 3.8) is 0 Å². The molecule has 1 aromatic carbocycles.